The molecule has 0 spiro atoms. The Bertz CT molecular complexity index is 547. The van der Waals surface area contributed by atoms with Crippen molar-refractivity contribution in [2.75, 3.05) is 6.61 Å². The van der Waals surface area contributed by atoms with Gasteiger partial charge >= 0.3 is 13.1 Å². The third-order valence-corrected chi connectivity index (χ3v) is 4.25. The molecule has 0 atom stereocenters. The van der Waals surface area contributed by atoms with E-state index in [1.807, 2.05) is 58.9 Å². The van der Waals surface area contributed by atoms with E-state index >= 15 is 0 Å². The van der Waals surface area contributed by atoms with Crippen LogP contribution in [0.25, 0.3) is 0 Å². The number of ether oxygens (including phenoxy) is 1. The fraction of sp³-hybridized carbons (Fsp3) is 0.471. The maximum atomic E-state index is 11.8. The first-order valence-electron chi connectivity index (χ1n) is 7.47. The lowest BCUT2D eigenvalue weighted by Crippen LogP contribution is -2.41. The van der Waals surface area contributed by atoms with E-state index in [1.165, 1.54) is 0 Å². The first kappa shape index (κ1) is 16.8. The number of hydrogen-bond acceptors (Lipinski definition) is 4. The van der Waals surface area contributed by atoms with Crippen LogP contribution in [0.4, 0.5) is 0 Å². The first-order chi connectivity index (χ1) is 10.2. The molecule has 0 saturated carbocycles. The highest BCUT2D eigenvalue weighted by Gasteiger charge is 2.51. The molecule has 2 rings (SSSR count). The van der Waals surface area contributed by atoms with Gasteiger partial charge in [-0.3, -0.25) is 0 Å². The van der Waals surface area contributed by atoms with E-state index < -0.39 is 7.12 Å². The van der Waals surface area contributed by atoms with Crippen LogP contribution in [-0.2, 0) is 14.0 Å². The van der Waals surface area contributed by atoms with E-state index in [1.54, 1.807) is 12.1 Å². The molecule has 1 aliphatic rings. The Morgan fingerprint density at radius 2 is 1.68 bits per heavy atom. The molecule has 1 aromatic carbocycles. The van der Waals surface area contributed by atoms with Gasteiger partial charge in [0, 0.05) is 0 Å². The predicted molar refractivity (Wildman–Crippen MR) is 86.6 cm³/mol. The Hall–Kier alpha value is -1.59. The summed E-state index contributed by atoms with van der Waals surface area (Å²) in [5, 5.41) is 0. The van der Waals surface area contributed by atoms with Gasteiger partial charge in [-0.1, -0.05) is 24.3 Å². The molecule has 1 fully saturated rings. The molecule has 0 aromatic heterocycles. The normalized spacial score (nSPS) is 20.0. The minimum Gasteiger partial charge on any atom is -0.458 e. The molecular formula is C17H23BO4. The third kappa shape index (κ3) is 3.59. The fourth-order valence-electron chi connectivity index (χ4n) is 2.03. The molecule has 22 heavy (non-hydrogen) atoms. The van der Waals surface area contributed by atoms with Crippen molar-refractivity contribution < 1.29 is 18.8 Å². The maximum absolute atomic E-state index is 11.8. The van der Waals surface area contributed by atoms with Crippen molar-refractivity contribution in [1.29, 1.82) is 0 Å². The molecule has 118 valence electrons. The van der Waals surface area contributed by atoms with Crippen LogP contribution < -0.4 is 0 Å². The smallest absolute Gasteiger partial charge is 0.458 e. The van der Waals surface area contributed by atoms with E-state index in [2.05, 4.69) is 0 Å². The number of esters is 1. The lowest BCUT2D eigenvalue weighted by atomic mass is 9.79. The van der Waals surface area contributed by atoms with Crippen molar-refractivity contribution in [2.45, 2.75) is 45.8 Å². The molecule has 1 saturated heterocycles. The molecule has 4 nitrogen and oxygen atoms in total. The Morgan fingerprint density at radius 3 is 2.23 bits per heavy atom. The quantitative estimate of drug-likeness (QED) is 0.631. The van der Waals surface area contributed by atoms with Gasteiger partial charge < -0.3 is 14.0 Å². The van der Waals surface area contributed by atoms with Gasteiger partial charge in [0.05, 0.1) is 16.8 Å². The van der Waals surface area contributed by atoms with E-state index in [-0.39, 0.29) is 23.8 Å². The number of carbonyl (C=O) groups excluding carboxylic acids is 1. The molecule has 0 aliphatic carbocycles. The second-order valence-corrected chi connectivity index (χ2v) is 6.50. The highest BCUT2D eigenvalue weighted by Crippen LogP contribution is 2.38. The van der Waals surface area contributed by atoms with Gasteiger partial charge in [0.25, 0.3) is 0 Å². The van der Waals surface area contributed by atoms with Gasteiger partial charge in [-0.25, -0.2) is 4.79 Å². The van der Waals surface area contributed by atoms with Crippen molar-refractivity contribution in [3.05, 3.63) is 47.4 Å². The zero-order chi connectivity index (χ0) is 16.4. The van der Waals surface area contributed by atoms with Gasteiger partial charge in [0.15, 0.2) is 0 Å². The zero-order valence-corrected chi connectivity index (χ0v) is 13.9. The van der Waals surface area contributed by atoms with Crippen molar-refractivity contribution in [1.82, 2.24) is 0 Å². The van der Waals surface area contributed by atoms with Crippen molar-refractivity contribution in [3.63, 3.8) is 0 Å². The third-order valence-electron chi connectivity index (χ3n) is 4.25. The standard InChI is InChI=1S/C17H23BO4/c1-13(18-21-16(2,3)17(4,5)22-18)11-12-20-15(19)14-9-7-6-8-10-14/h6-11H,12H2,1-5H3/b13-11+. The summed E-state index contributed by atoms with van der Waals surface area (Å²) in [5.74, 6) is -0.335. The zero-order valence-electron chi connectivity index (χ0n) is 13.9. The second-order valence-electron chi connectivity index (χ2n) is 6.50. The second kappa shape index (κ2) is 6.27. The summed E-state index contributed by atoms with van der Waals surface area (Å²) in [7, 11) is -0.402. The van der Waals surface area contributed by atoms with Crippen LogP contribution in [0, 0.1) is 0 Å². The van der Waals surface area contributed by atoms with Gasteiger partial charge in [-0.05, 0) is 52.2 Å². The largest absolute Gasteiger partial charge is 0.490 e. The molecule has 0 N–H and O–H groups in total. The number of rotatable bonds is 4. The monoisotopic (exact) mass is 302 g/mol. The van der Waals surface area contributed by atoms with Gasteiger partial charge in [-0.2, -0.15) is 0 Å². The van der Waals surface area contributed by atoms with E-state index in [4.69, 9.17) is 14.0 Å². The van der Waals surface area contributed by atoms with Gasteiger partial charge in [0.2, 0.25) is 0 Å². The highest BCUT2D eigenvalue weighted by atomic mass is 16.7. The van der Waals surface area contributed by atoms with Crippen LogP contribution in [0.1, 0.15) is 45.0 Å². The summed E-state index contributed by atoms with van der Waals surface area (Å²) in [6, 6.07) is 8.93. The van der Waals surface area contributed by atoms with E-state index in [0.29, 0.717) is 5.56 Å². The van der Waals surface area contributed by atoms with Crippen molar-refractivity contribution >= 4 is 13.1 Å². The summed E-state index contributed by atoms with van der Waals surface area (Å²) < 4.78 is 17.1. The Labute approximate surface area is 132 Å². The SMILES string of the molecule is C/C(=C\COC(=O)c1ccccc1)B1OC(C)(C)C(C)(C)O1. The van der Waals surface area contributed by atoms with Crippen molar-refractivity contribution in [3.8, 4) is 0 Å². The highest BCUT2D eigenvalue weighted by molar-refractivity contribution is 6.54. The number of hydrogen-bond donors (Lipinski definition) is 0. The van der Waals surface area contributed by atoms with Crippen molar-refractivity contribution in [2.24, 2.45) is 0 Å². The van der Waals surface area contributed by atoms with Crippen LogP contribution in [0.5, 0.6) is 0 Å². The average molecular weight is 302 g/mol. The molecule has 5 heteroatoms. The minimum atomic E-state index is -0.402. The summed E-state index contributed by atoms with van der Waals surface area (Å²) in [5.41, 5.74) is 0.713. The topological polar surface area (TPSA) is 44.8 Å². The molecule has 0 amide bonds. The Balaban J connectivity index is 1.90. The number of carbonyl (C=O) groups is 1. The number of benzene rings is 1. The molecular weight excluding hydrogens is 279 g/mol. The summed E-state index contributed by atoms with van der Waals surface area (Å²) in [6.45, 7) is 10.2. The molecule has 1 aliphatic heterocycles. The predicted octanol–water partition coefficient (Wildman–Crippen LogP) is 3.42. The lowest BCUT2D eigenvalue weighted by Gasteiger charge is -2.32. The lowest BCUT2D eigenvalue weighted by molar-refractivity contribution is 0.00578. The minimum absolute atomic E-state index is 0.198. The first-order valence-corrected chi connectivity index (χ1v) is 7.47. The maximum Gasteiger partial charge on any atom is 0.490 e. The fourth-order valence-corrected chi connectivity index (χ4v) is 2.03. The molecule has 0 radical (unpaired) electrons. The van der Waals surface area contributed by atoms with Crippen LogP contribution in [0.15, 0.2) is 41.9 Å². The van der Waals surface area contributed by atoms with Crippen LogP contribution in [-0.4, -0.2) is 30.9 Å². The molecule has 1 heterocycles. The van der Waals surface area contributed by atoms with Crippen LogP contribution in [0.3, 0.4) is 0 Å². The van der Waals surface area contributed by atoms with Gasteiger partial charge in [0.1, 0.15) is 6.61 Å². The Kier molecular flexibility index (Phi) is 4.78. The summed E-state index contributed by atoms with van der Waals surface area (Å²) >= 11 is 0. The summed E-state index contributed by atoms with van der Waals surface area (Å²) in [6.07, 6.45) is 1.82. The average Bonchev–Trinajstić information content (AvgIpc) is 2.68. The molecule has 0 bridgehead atoms. The molecule has 1 aromatic rings. The number of allylic oxidation sites excluding steroid dienone is 1. The van der Waals surface area contributed by atoms with Gasteiger partial charge in [-0.15, -0.1) is 0 Å². The van der Waals surface area contributed by atoms with E-state index in [0.717, 1.165) is 5.47 Å². The van der Waals surface area contributed by atoms with E-state index in [9.17, 15) is 4.79 Å². The molecule has 0 unspecified atom stereocenters. The Morgan fingerprint density at radius 1 is 1.14 bits per heavy atom. The van der Waals surface area contributed by atoms with Crippen LogP contribution >= 0.6 is 0 Å². The van der Waals surface area contributed by atoms with Crippen LogP contribution in [0.2, 0.25) is 0 Å². The summed E-state index contributed by atoms with van der Waals surface area (Å²) in [4.78, 5) is 11.8.